The van der Waals surface area contributed by atoms with Gasteiger partial charge in [0.1, 0.15) is 13.2 Å². The summed E-state index contributed by atoms with van der Waals surface area (Å²) in [5.41, 5.74) is 0.406. The maximum atomic E-state index is 13.1. The van der Waals surface area contributed by atoms with E-state index in [-0.39, 0.29) is 5.91 Å². The lowest BCUT2D eigenvalue weighted by Crippen LogP contribution is -2.42. The molecule has 1 aromatic rings. The Morgan fingerprint density at radius 1 is 1.12 bits per heavy atom. The van der Waals surface area contributed by atoms with Gasteiger partial charge in [0.05, 0.1) is 5.41 Å². The van der Waals surface area contributed by atoms with Gasteiger partial charge in [-0.15, -0.1) is 0 Å². The van der Waals surface area contributed by atoms with Gasteiger partial charge in [0, 0.05) is 13.6 Å². The summed E-state index contributed by atoms with van der Waals surface area (Å²) in [6.07, 6.45) is 7.86. The summed E-state index contributed by atoms with van der Waals surface area (Å²) in [6, 6.07) is 5.86. The molecule has 0 aromatic heterocycles. The number of rotatable bonds is 5. The molecule has 4 nitrogen and oxygen atoms in total. The number of hydrogen-bond donors (Lipinski definition) is 0. The van der Waals surface area contributed by atoms with E-state index in [1.807, 2.05) is 44.0 Å². The average molecular weight is 345 g/mol. The number of carbonyl (C=O) groups excluding carboxylic acids is 1. The lowest BCUT2D eigenvalue weighted by atomic mass is 9.82. The normalized spacial score (nSPS) is 18.0. The first-order chi connectivity index (χ1) is 12.0. The largest absolute Gasteiger partial charge is 0.486 e. The highest BCUT2D eigenvalue weighted by Gasteiger charge is 2.33. The van der Waals surface area contributed by atoms with Crippen LogP contribution in [0.3, 0.4) is 0 Å². The van der Waals surface area contributed by atoms with Crippen molar-refractivity contribution >= 4 is 5.91 Å². The molecule has 0 bridgehead atoms. The number of likely N-dealkylation sites (N-methyl/N-ethyl adjacent to an activating group) is 1. The molecule has 25 heavy (non-hydrogen) atoms. The molecule has 1 aromatic carbocycles. The molecular weight excluding hydrogens is 314 g/mol. The Labute approximate surface area is 151 Å². The van der Waals surface area contributed by atoms with E-state index in [1.165, 1.54) is 32.1 Å². The van der Waals surface area contributed by atoms with Gasteiger partial charge in [-0.05, 0) is 43.9 Å². The zero-order valence-electron chi connectivity index (χ0n) is 15.8. The first kappa shape index (κ1) is 18.1. The molecule has 0 saturated heterocycles. The molecule has 2 aliphatic rings. The molecule has 0 spiro atoms. The minimum Gasteiger partial charge on any atom is -0.486 e. The highest BCUT2D eigenvalue weighted by Crippen LogP contribution is 2.36. The third-order valence-corrected chi connectivity index (χ3v) is 5.74. The lowest BCUT2D eigenvalue weighted by molar-refractivity contribution is -0.135. The first-order valence-electron chi connectivity index (χ1n) is 9.64. The van der Waals surface area contributed by atoms with Gasteiger partial charge < -0.3 is 14.4 Å². The Morgan fingerprint density at radius 2 is 1.80 bits per heavy atom. The third-order valence-electron chi connectivity index (χ3n) is 5.74. The van der Waals surface area contributed by atoms with Crippen LogP contribution in [0.4, 0.5) is 0 Å². The Bertz CT molecular complexity index is 605. The summed E-state index contributed by atoms with van der Waals surface area (Å²) in [4.78, 5) is 15.0. The quantitative estimate of drug-likeness (QED) is 0.804. The number of fused-ring (bicyclic) bond motifs is 1. The van der Waals surface area contributed by atoms with Crippen molar-refractivity contribution < 1.29 is 14.3 Å². The fourth-order valence-corrected chi connectivity index (χ4v) is 3.99. The van der Waals surface area contributed by atoms with Gasteiger partial charge in [0.2, 0.25) is 5.91 Å². The molecule has 0 atom stereocenters. The molecule has 4 heteroatoms. The molecule has 1 amide bonds. The Balaban J connectivity index is 1.64. The summed E-state index contributed by atoms with van der Waals surface area (Å²) in [5.74, 6) is 2.47. The second-order valence-electron chi connectivity index (χ2n) is 8.00. The lowest BCUT2D eigenvalue weighted by Gasteiger charge is -2.32. The van der Waals surface area contributed by atoms with Crippen molar-refractivity contribution in [1.29, 1.82) is 0 Å². The number of benzene rings is 1. The summed E-state index contributed by atoms with van der Waals surface area (Å²) >= 11 is 0. The molecule has 1 saturated carbocycles. The van der Waals surface area contributed by atoms with E-state index in [9.17, 15) is 4.79 Å². The zero-order valence-corrected chi connectivity index (χ0v) is 15.8. The standard InChI is InChI=1S/C21H31NO3/c1-21(2,17-9-10-18-19(15-17)25-14-13-24-18)20(23)22(3)12-11-16-7-5-4-6-8-16/h9-10,15-16H,4-8,11-14H2,1-3H3. The maximum absolute atomic E-state index is 13.1. The summed E-state index contributed by atoms with van der Waals surface area (Å²) in [5, 5.41) is 0. The summed E-state index contributed by atoms with van der Waals surface area (Å²) in [7, 11) is 1.94. The van der Waals surface area contributed by atoms with Gasteiger partial charge >= 0.3 is 0 Å². The van der Waals surface area contributed by atoms with Crippen molar-refractivity contribution in [2.45, 2.75) is 57.8 Å². The van der Waals surface area contributed by atoms with Crippen LogP contribution in [-0.4, -0.2) is 37.6 Å². The fourth-order valence-electron chi connectivity index (χ4n) is 3.99. The Kier molecular flexibility index (Phi) is 5.55. The van der Waals surface area contributed by atoms with Gasteiger partial charge in [-0.1, -0.05) is 38.2 Å². The molecule has 1 heterocycles. The minimum atomic E-state index is -0.572. The van der Waals surface area contributed by atoms with Gasteiger partial charge in [0.15, 0.2) is 11.5 Å². The zero-order chi connectivity index (χ0) is 17.9. The molecule has 3 rings (SSSR count). The highest BCUT2D eigenvalue weighted by atomic mass is 16.6. The van der Waals surface area contributed by atoms with Crippen molar-refractivity contribution in [2.24, 2.45) is 5.92 Å². The molecule has 0 radical (unpaired) electrons. The van der Waals surface area contributed by atoms with Crippen LogP contribution in [0.2, 0.25) is 0 Å². The van der Waals surface area contributed by atoms with Gasteiger partial charge in [-0.3, -0.25) is 4.79 Å². The van der Waals surface area contributed by atoms with E-state index in [4.69, 9.17) is 9.47 Å². The Hall–Kier alpha value is -1.71. The van der Waals surface area contributed by atoms with Crippen LogP contribution in [0.1, 0.15) is 57.9 Å². The maximum Gasteiger partial charge on any atom is 0.232 e. The third kappa shape index (κ3) is 4.10. The van der Waals surface area contributed by atoms with Crippen LogP contribution in [0, 0.1) is 5.92 Å². The van der Waals surface area contributed by atoms with Gasteiger partial charge in [-0.2, -0.15) is 0 Å². The summed E-state index contributed by atoms with van der Waals surface area (Å²) < 4.78 is 11.3. The molecular formula is C21H31NO3. The van der Waals surface area contributed by atoms with E-state index < -0.39 is 5.41 Å². The topological polar surface area (TPSA) is 38.8 Å². The highest BCUT2D eigenvalue weighted by molar-refractivity contribution is 5.87. The van der Waals surface area contributed by atoms with E-state index in [1.54, 1.807) is 0 Å². The van der Waals surface area contributed by atoms with Crippen molar-refractivity contribution in [2.75, 3.05) is 26.8 Å². The number of ether oxygens (including phenoxy) is 2. The van der Waals surface area contributed by atoms with Crippen molar-refractivity contribution in [3.8, 4) is 11.5 Å². The molecule has 0 N–H and O–H groups in total. The van der Waals surface area contributed by atoms with Crippen LogP contribution in [0.25, 0.3) is 0 Å². The number of nitrogens with zero attached hydrogens (tertiary/aromatic N) is 1. The van der Waals surface area contributed by atoms with Crippen LogP contribution < -0.4 is 9.47 Å². The monoisotopic (exact) mass is 345 g/mol. The Morgan fingerprint density at radius 3 is 2.52 bits per heavy atom. The number of amides is 1. The second kappa shape index (κ2) is 7.67. The van der Waals surface area contributed by atoms with Gasteiger partial charge in [-0.25, -0.2) is 0 Å². The van der Waals surface area contributed by atoms with Gasteiger partial charge in [0.25, 0.3) is 0 Å². The smallest absolute Gasteiger partial charge is 0.232 e. The van der Waals surface area contributed by atoms with Crippen molar-refractivity contribution in [3.05, 3.63) is 23.8 Å². The minimum absolute atomic E-state index is 0.167. The molecule has 1 aliphatic carbocycles. The van der Waals surface area contributed by atoms with Crippen LogP contribution in [0.5, 0.6) is 11.5 Å². The number of hydrogen-bond acceptors (Lipinski definition) is 3. The van der Waals surface area contributed by atoms with Crippen LogP contribution >= 0.6 is 0 Å². The number of carbonyl (C=O) groups is 1. The van der Waals surface area contributed by atoms with E-state index >= 15 is 0 Å². The van der Waals surface area contributed by atoms with Crippen LogP contribution in [-0.2, 0) is 10.2 Å². The summed E-state index contributed by atoms with van der Waals surface area (Å²) in [6.45, 7) is 5.98. The second-order valence-corrected chi connectivity index (χ2v) is 8.00. The molecule has 1 aliphatic heterocycles. The van der Waals surface area contributed by atoms with Crippen molar-refractivity contribution in [1.82, 2.24) is 4.90 Å². The first-order valence-corrected chi connectivity index (χ1v) is 9.64. The van der Waals surface area contributed by atoms with E-state index in [0.717, 1.165) is 35.9 Å². The molecule has 138 valence electrons. The molecule has 1 fully saturated rings. The SMILES string of the molecule is CN(CCC1CCCCC1)C(=O)C(C)(C)c1ccc2c(c1)OCCO2. The average Bonchev–Trinajstić information content (AvgIpc) is 2.65. The predicted molar refractivity (Wildman–Crippen MR) is 99.3 cm³/mol. The fraction of sp³-hybridized carbons (Fsp3) is 0.667. The van der Waals surface area contributed by atoms with E-state index in [0.29, 0.717) is 13.2 Å². The molecule has 0 unspecified atom stereocenters. The van der Waals surface area contributed by atoms with Crippen molar-refractivity contribution in [3.63, 3.8) is 0 Å². The van der Waals surface area contributed by atoms with Crippen LogP contribution in [0.15, 0.2) is 18.2 Å². The predicted octanol–water partition coefficient (Wildman–Crippen LogP) is 4.16. The van der Waals surface area contributed by atoms with E-state index in [2.05, 4.69) is 0 Å².